The van der Waals surface area contributed by atoms with Gasteiger partial charge in [-0.2, -0.15) is 0 Å². The minimum Gasteiger partial charge on any atom is -0.478 e. The van der Waals surface area contributed by atoms with Crippen molar-refractivity contribution < 1.29 is 14.3 Å². The molecule has 2 rings (SSSR count). The summed E-state index contributed by atoms with van der Waals surface area (Å²) in [4.78, 5) is 10.8. The fourth-order valence-electron chi connectivity index (χ4n) is 3.19. The summed E-state index contributed by atoms with van der Waals surface area (Å²) in [6, 6.07) is 4.49. The van der Waals surface area contributed by atoms with Gasteiger partial charge in [-0.1, -0.05) is 45.1 Å². The predicted molar refractivity (Wildman–Crippen MR) is 77.4 cm³/mol. The van der Waals surface area contributed by atoms with Crippen molar-refractivity contribution in [3.63, 3.8) is 0 Å². The maximum atomic E-state index is 13.6. The Morgan fingerprint density at radius 3 is 2.45 bits per heavy atom. The van der Waals surface area contributed by atoms with Crippen molar-refractivity contribution in [2.45, 2.75) is 51.9 Å². The third-order valence-electron chi connectivity index (χ3n) is 4.65. The fraction of sp³-hybridized carbons (Fsp3) is 0.588. The van der Waals surface area contributed by atoms with E-state index in [2.05, 4.69) is 6.92 Å². The van der Waals surface area contributed by atoms with E-state index in [9.17, 15) is 9.18 Å². The molecule has 2 nitrogen and oxygen atoms in total. The van der Waals surface area contributed by atoms with E-state index in [0.717, 1.165) is 30.2 Å². The monoisotopic (exact) mass is 278 g/mol. The lowest BCUT2D eigenvalue weighted by Crippen LogP contribution is -2.14. The molecule has 0 bridgehead atoms. The van der Waals surface area contributed by atoms with Crippen molar-refractivity contribution >= 4 is 5.97 Å². The number of hydrogen-bond donors (Lipinski definition) is 1. The SMILES string of the molecule is CC[C@H]1CC[C@H](CCc2ccc(C(=O)O)c(F)c2)CC1. The molecule has 110 valence electrons. The molecule has 0 radical (unpaired) electrons. The smallest absolute Gasteiger partial charge is 0.338 e. The van der Waals surface area contributed by atoms with Gasteiger partial charge in [0, 0.05) is 0 Å². The van der Waals surface area contributed by atoms with E-state index in [0.29, 0.717) is 0 Å². The summed E-state index contributed by atoms with van der Waals surface area (Å²) in [5.41, 5.74) is 0.669. The van der Waals surface area contributed by atoms with Crippen molar-refractivity contribution in [2.24, 2.45) is 11.8 Å². The number of rotatable bonds is 5. The third kappa shape index (κ3) is 3.81. The Morgan fingerprint density at radius 2 is 1.90 bits per heavy atom. The Hall–Kier alpha value is -1.38. The van der Waals surface area contributed by atoms with Crippen LogP contribution in [0, 0.1) is 17.7 Å². The van der Waals surface area contributed by atoms with Crippen LogP contribution in [0.25, 0.3) is 0 Å². The first kappa shape index (κ1) is 15.0. The molecule has 0 aliphatic heterocycles. The number of aromatic carboxylic acids is 1. The summed E-state index contributed by atoms with van der Waals surface area (Å²) in [6.45, 7) is 2.26. The number of aryl methyl sites for hydroxylation is 1. The Bertz CT molecular complexity index is 462. The normalized spacial score (nSPS) is 22.7. The number of carboxylic acids is 1. The minimum absolute atomic E-state index is 0.239. The van der Waals surface area contributed by atoms with Gasteiger partial charge in [-0.3, -0.25) is 0 Å². The van der Waals surface area contributed by atoms with Crippen LogP contribution in [0.5, 0.6) is 0 Å². The standard InChI is InChI=1S/C17H23FO2/c1-2-12-3-5-13(6-4-12)7-8-14-9-10-15(17(19)20)16(18)11-14/h9-13H,2-8H2,1H3,(H,19,20)/t12-,13-. The zero-order valence-electron chi connectivity index (χ0n) is 12.1. The summed E-state index contributed by atoms with van der Waals surface area (Å²) in [5.74, 6) is -0.171. The van der Waals surface area contributed by atoms with Gasteiger partial charge in [-0.25, -0.2) is 9.18 Å². The molecule has 0 spiro atoms. The second-order valence-corrected chi connectivity index (χ2v) is 5.95. The van der Waals surface area contributed by atoms with Crippen LogP contribution in [0.15, 0.2) is 18.2 Å². The Kier molecular flexibility index (Phi) is 5.16. The van der Waals surface area contributed by atoms with Crippen molar-refractivity contribution in [3.8, 4) is 0 Å². The molecule has 0 amide bonds. The van der Waals surface area contributed by atoms with E-state index in [-0.39, 0.29) is 5.56 Å². The minimum atomic E-state index is -1.20. The average molecular weight is 278 g/mol. The number of carbonyl (C=O) groups is 1. The number of halogens is 1. The first-order chi connectivity index (χ1) is 9.60. The molecule has 0 atom stereocenters. The van der Waals surface area contributed by atoms with Crippen LogP contribution < -0.4 is 0 Å². The van der Waals surface area contributed by atoms with E-state index < -0.39 is 11.8 Å². The lowest BCUT2D eigenvalue weighted by atomic mass is 9.78. The highest BCUT2D eigenvalue weighted by Crippen LogP contribution is 2.33. The highest BCUT2D eigenvalue weighted by atomic mass is 19.1. The summed E-state index contributed by atoms with van der Waals surface area (Å²) in [7, 11) is 0. The fourth-order valence-corrected chi connectivity index (χ4v) is 3.19. The van der Waals surface area contributed by atoms with E-state index in [1.165, 1.54) is 44.2 Å². The average Bonchev–Trinajstić information content (AvgIpc) is 2.45. The Morgan fingerprint density at radius 1 is 1.25 bits per heavy atom. The zero-order chi connectivity index (χ0) is 14.5. The van der Waals surface area contributed by atoms with E-state index in [1.807, 2.05) is 0 Å². The lowest BCUT2D eigenvalue weighted by Gasteiger charge is -2.27. The predicted octanol–water partition coefficient (Wildman–Crippen LogP) is 4.67. The van der Waals surface area contributed by atoms with Crippen molar-refractivity contribution in [2.75, 3.05) is 0 Å². The van der Waals surface area contributed by atoms with Crippen LogP contribution >= 0.6 is 0 Å². The summed E-state index contributed by atoms with van der Waals surface area (Å²) < 4.78 is 13.6. The molecule has 1 aromatic rings. The molecule has 0 saturated heterocycles. The first-order valence-electron chi connectivity index (χ1n) is 7.61. The molecule has 0 unspecified atom stereocenters. The van der Waals surface area contributed by atoms with Gasteiger partial charge in [0.25, 0.3) is 0 Å². The van der Waals surface area contributed by atoms with Crippen LogP contribution in [0.4, 0.5) is 4.39 Å². The summed E-state index contributed by atoms with van der Waals surface area (Å²) in [6.07, 6.45) is 8.44. The summed E-state index contributed by atoms with van der Waals surface area (Å²) in [5, 5.41) is 8.80. The van der Waals surface area contributed by atoms with Crippen LogP contribution in [0.3, 0.4) is 0 Å². The van der Waals surface area contributed by atoms with Crippen molar-refractivity contribution in [1.29, 1.82) is 0 Å². The maximum Gasteiger partial charge on any atom is 0.338 e. The molecular formula is C17H23FO2. The molecular weight excluding hydrogens is 255 g/mol. The molecule has 20 heavy (non-hydrogen) atoms. The lowest BCUT2D eigenvalue weighted by molar-refractivity contribution is 0.0692. The molecule has 1 aliphatic rings. The molecule has 1 saturated carbocycles. The van der Waals surface area contributed by atoms with Gasteiger partial charge >= 0.3 is 5.97 Å². The van der Waals surface area contributed by atoms with E-state index in [4.69, 9.17) is 5.11 Å². The quantitative estimate of drug-likeness (QED) is 0.849. The van der Waals surface area contributed by atoms with E-state index >= 15 is 0 Å². The number of benzene rings is 1. The number of carboxylic acid groups (broad SMARTS) is 1. The highest BCUT2D eigenvalue weighted by molar-refractivity contribution is 5.87. The molecule has 1 N–H and O–H groups in total. The largest absolute Gasteiger partial charge is 0.478 e. The Balaban J connectivity index is 1.85. The van der Waals surface area contributed by atoms with Gasteiger partial charge in [-0.15, -0.1) is 0 Å². The molecule has 0 heterocycles. The zero-order valence-corrected chi connectivity index (χ0v) is 12.1. The Labute approximate surface area is 120 Å². The van der Waals surface area contributed by atoms with Crippen molar-refractivity contribution in [1.82, 2.24) is 0 Å². The van der Waals surface area contributed by atoms with Gasteiger partial charge in [0.15, 0.2) is 0 Å². The van der Waals surface area contributed by atoms with Gasteiger partial charge < -0.3 is 5.11 Å². The van der Waals surface area contributed by atoms with Crippen LogP contribution in [0.1, 0.15) is 61.4 Å². The van der Waals surface area contributed by atoms with Gasteiger partial charge in [0.05, 0.1) is 5.56 Å². The van der Waals surface area contributed by atoms with Gasteiger partial charge in [0.2, 0.25) is 0 Å². The molecule has 3 heteroatoms. The second kappa shape index (κ2) is 6.87. The van der Waals surface area contributed by atoms with Crippen LogP contribution in [-0.2, 0) is 6.42 Å². The molecule has 0 aromatic heterocycles. The highest BCUT2D eigenvalue weighted by Gasteiger charge is 2.20. The van der Waals surface area contributed by atoms with Gasteiger partial charge in [0.1, 0.15) is 5.82 Å². The summed E-state index contributed by atoms with van der Waals surface area (Å²) >= 11 is 0. The van der Waals surface area contributed by atoms with Crippen molar-refractivity contribution in [3.05, 3.63) is 35.1 Å². The number of hydrogen-bond acceptors (Lipinski definition) is 1. The topological polar surface area (TPSA) is 37.3 Å². The molecule has 1 aliphatic carbocycles. The van der Waals surface area contributed by atoms with E-state index in [1.54, 1.807) is 6.07 Å². The second-order valence-electron chi connectivity index (χ2n) is 5.95. The third-order valence-corrected chi connectivity index (χ3v) is 4.65. The molecule has 1 aromatic carbocycles. The van der Waals surface area contributed by atoms with Crippen LogP contribution in [0.2, 0.25) is 0 Å². The first-order valence-corrected chi connectivity index (χ1v) is 7.61. The maximum absolute atomic E-state index is 13.6. The van der Waals surface area contributed by atoms with Crippen LogP contribution in [-0.4, -0.2) is 11.1 Å². The van der Waals surface area contributed by atoms with Gasteiger partial charge in [-0.05, 0) is 42.4 Å². The molecule has 1 fully saturated rings.